The molecular weight excluding hydrogens is 393 g/mol. The van der Waals surface area contributed by atoms with Gasteiger partial charge in [0.2, 0.25) is 0 Å². The summed E-state index contributed by atoms with van der Waals surface area (Å²) in [6.07, 6.45) is -1.56. The standard InChI is InChI=1S/C18H17F3N4O4/c19-13-8-11(9-23-16(13)18(26)24-4-6-29-7-5-24)12-2-1-3-14(17(12)25(27)28)22-10-15(20)21/h1-3,8-9,15,22H,4-7,10H2. The topological polar surface area (TPSA) is 97.6 Å². The molecule has 0 saturated carbocycles. The predicted octanol–water partition coefficient (Wildman–Crippen LogP) is 2.95. The summed E-state index contributed by atoms with van der Waals surface area (Å²) in [5.41, 5.74) is -0.965. The molecule has 2 heterocycles. The first-order valence-electron chi connectivity index (χ1n) is 8.71. The number of nitro benzene ring substituents is 1. The van der Waals surface area contributed by atoms with Crippen molar-refractivity contribution in [2.75, 3.05) is 38.2 Å². The minimum Gasteiger partial charge on any atom is -0.378 e. The summed E-state index contributed by atoms with van der Waals surface area (Å²) in [5, 5.41) is 13.8. The molecule has 1 fully saturated rings. The molecule has 2 aromatic rings. The van der Waals surface area contributed by atoms with E-state index in [4.69, 9.17) is 4.74 Å². The second-order valence-corrected chi connectivity index (χ2v) is 6.19. The number of pyridine rings is 1. The van der Waals surface area contributed by atoms with E-state index >= 15 is 0 Å². The lowest BCUT2D eigenvalue weighted by atomic mass is 10.0. The monoisotopic (exact) mass is 410 g/mol. The molecule has 1 amide bonds. The van der Waals surface area contributed by atoms with E-state index in [0.717, 1.165) is 12.3 Å². The first-order chi connectivity index (χ1) is 13.9. The van der Waals surface area contributed by atoms with Gasteiger partial charge >= 0.3 is 0 Å². The molecule has 154 valence electrons. The number of para-hydroxylation sites is 1. The second-order valence-electron chi connectivity index (χ2n) is 6.19. The Balaban J connectivity index is 1.94. The molecule has 8 nitrogen and oxygen atoms in total. The fourth-order valence-corrected chi connectivity index (χ4v) is 2.96. The molecule has 1 aromatic heterocycles. The van der Waals surface area contributed by atoms with Crippen LogP contribution in [0.25, 0.3) is 11.1 Å². The second kappa shape index (κ2) is 8.86. The largest absolute Gasteiger partial charge is 0.378 e. The molecule has 1 saturated heterocycles. The normalized spacial score (nSPS) is 14.1. The van der Waals surface area contributed by atoms with Gasteiger partial charge in [0.15, 0.2) is 11.5 Å². The number of rotatable bonds is 6. The Hall–Kier alpha value is -3.21. The van der Waals surface area contributed by atoms with Crippen LogP contribution in [0.4, 0.5) is 24.5 Å². The van der Waals surface area contributed by atoms with Crippen molar-refractivity contribution in [2.45, 2.75) is 6.43 Å². The molecule has 1 aliphatic rings. The van der Waals surface area contributed by atoms with Crippen LogP contribution in [-0.2, 0) is 4.74 Å². The van der Waals surface area contributed by atoms with Crippen LogP contribution in [0.5, 0.6) is 0 Å². The maximum absolute atomic E-state index is 14.6. The van der Waals surface area contributed by atoms with Crippen molar-refractivity contribution in [2.24, 2.45) is 0 Å². The van der Waals surface area contributed by atoms with Crippen molar-refractivity contribution < 1.29 is 27.6 Å². The van der Waals surface area contributed by atoms with Gasteiger partial charge in [-0.15, -0.1) is 0 Å². The van der Waals surface area contributed by atoms with Crippen LogP contribution in [0.3, 0.4) is 0 Å². The average Bonchev–Trinajstić information content (AvgIpc) is 2.71. The Bertz CT molecular complexity index is 920. The van der Waals surface area contributed by atoms with Crippen molar-refractivity contribution >= 4 is 17.3 Å². The van der Waals surface area contributed by atoms with Crippen molar-refractivity contribution in [1.29, 1.82) is 0 Å². The van der Waals surface area contributed by atoms with Gasteiger partial charge in [0, 0.05) is 24.8 Å². The molecule has 1 aromatic carbocycles. The third kappa shape index (κ3) is 4.62. The summed E-state index contributed by atoms with van der Waals surface area (Å²) in [7, 11) is 0. The summed E-state index contributed by atoms with van der Waals surface area (Å²) < 4.78 is 44.7. The fourth-order valence-electron chi connectivity index (χ4n) is 2.96. The van der Waals surface area contributed by atoms with E-state index in [2.05, 4.69) is 10.3 Å². The van der Waals surface area contributed by atoms with Crippen LogP contribution < -0.4 is 5.32 Å². The van der Waals surface area contributed by atoms with Gasteiger partial charge in [0.1, 0.15) is 5.69 Å². The van der Waals surface area contributed by atoms with Gasteiger partial charge in [-0.3, -0.25) is 14.9 Å². The van der Waals surface area contributed by atoms with Crippen LogP contribution in [0.2, 0.25) is 0 Å². The first kappa shape index (κ1) is 20.5. The molecule has 0 atom stereocenters. The number of halogens is 3. The van der Waals surface area contributed by atoms with Crippen molar-refractivity contribution in [3.05, 3.63) is 52.1 Å². The third-order valence-corrected chi connectivity index (χ3v) is 4.32. The summed E-state index contributed by atoms with van der Waals surface area (Å²) in [4.78, 5) is 28.5. The molecule has 0 bridgehead atoms. The van der Waals surface area contributed by atoms with E-state index in [0.29, 0.717) is 26.3 Å². The first-order valence-corrected chi connectivity index (χ1v) is 8.71. The molecule has 0 spiro atoms. The molecular formula is C18H17F3N4O4. The molecule has 1 aliphatic heterocycles. The van der Waals surface area contributed by atoms with Gasteiger partial charge in [-0.05, 0) is 18.2 Å². The highest BCUT2D eigenvalue weighted by atomic mass is 19.3. The van der Waals surface area contributed by atoms with Crippen LogP contribution in [0.15, 0.2) is 30.5 Å². The number of hydrogen-bond donors (Lipinski definition) is 1. The number of carbonyl (C=O) groups excluding carboxylic acids is 1. The number of ether oxygens (including phenoxy) is 1. The Morgan fingerprint density at radius 3 is 2.69 bits per heavy atom. The molecule has 3 rings (SSSR count). The number of nitrogens with one attached hydrogen (secondary N) is 1. The molecule has 1 N–H and O–H groups in total. The Morgan fingerprint density at radius 1 is 1.34 bits per heavy atom. The predicted molar refractivity (Wildman–Crippen MR) is 97.5 cm³/mol. The lowest BCUT2D eigenvalue weighted by Crippen LogP contribution is -2.41. The van der Waals surface area contributed by atoms with E-state index in [-0.39, 0.29) is 16.8 Å². The highest BCUT2D eigenvalue weighted by Crippen LogP contribution is 2.36. The lowest BCUT2D eigenvalue weighted by Gasteiger charge is -2.26. The number of carbonyl (C=O) groups is 1. The van der Waals surface area contributed by atoms with Gasteiger partial charge in [-0.25, -0.2) is 18.2 Å². The number of alkyl halides is 2. The van der Waals surface area contributed by atoms with Gasteiger partial charge in [-0.1, -0.05) is 6.07 Å². The zero-order chi connectivity index (χ0) is 21.0. The van der Waals surface area contributed by atoms with Crippen molar-refractivity contribution in [1.82, 2.24) is 9.88 Å². The van der Waals surface area contributed by atoms with E-state index in [9.17, 15) is 28.1 Å². The quantitative estimate of drug-likeness (QED) is 0.581. The maximum atomic E-state index is 14.6. The number of nitro groups is 1. The zero-order valence-electron chi connectivity index (χ0n) is 15.1. The van der Waals surface area contributed by atoms with E-state index < -0.39 is 41.0 Å². The molecule has 11 heteroatoms. The number of hydrogen-bond acceptors (Lipinski definition) is 6. The number of anilines is 1. The van der Waals surface area contributed by atoms with Crippen molar-refractivity contribution in [3.63, 3.8) is 0 Å². The number of nitrogens with zero attached hydrogens (tertiary/aromatic N) is 3. The van der Waals surface area contributed by atoms with E-state index in [1.165, 1.54) is 23.1 Å². The summed E-state index contributed by atoms with van der Waals surface area (Å²) >= 11 is 0. The van der Waals surface area contributed by atoms with E-state index in [1.807, 2.05) is 0 Å². The highest BCUT2D eigenvalue weighted by molar-refractivity contribution is 5.93. The molecule has 0 unspecified atom stereocenters. The lowest BCUT2D eigenvalue weighted by molar-refractivity contribution is -0.383. The minimum absolute atomic E-state index is 0.00830. The SMILES string of the molecule is O=C(c1ncc(-c2cccc(NCC(F)F)c2[N+](=O)[O-])cc1F)N1CCOCC1. The molecule has 0 radical (unpaired) electrons. The number of amides is 1. The summed E-state index contributed by atoms with van der Waals surface area (Å²) in [5.74, 6) is -1.53. The molecule has 29 heavy (non-hydrogen) atoms. The average molecular weight is 410 g/mol. The van der Waals surface area contributed by atoms with Crippen LogP contribution >= 0.6 is 0 Å². The van der Waals surface area contributed by atoms with E-state index in [1.54, 1.807) is 0 Å². The van der Waals surface area contributed by atoms with Crippen molar-refractivity contribution in [3.8, 4) is 11.1 Å². The molecule has 0 aliphatic carbocycles. The minimum atomic E-state index is -2.71. The number of benzene rings is 1. The zero-order valence-corrected chi connectivity index (χ0v) is 15.1. The fraction of sp³-hybridized carbons (Fsp3) is 0.333. The van der Waals surface area contributed by atoms with Gasteiger partial charge in [-0.2, -0.15) is 0 Å². The van der Waals surface area contributed by atoms with Crippen LogP contribution in [0, 0.1) is 15.9 Å². The Labute approximate surface area is 163 Å². The van der Waals surface area contributed by atoms with Crippen LogP contribution in [0.1, 0.15) is 10.5 Å². The smallest absolute Gasteiger partial charge is 0.300 e. The van der Waals surface area contributed by atoms with Gasteiger partial charge < -0.3 is 15.0 Å². The Morgan fingerprint density at radius 2 is 2.07 bits per heavy atom. The van der Waals surface area contributed by atoms with Gasteiger partial charge in [0.25, 0.3) is 18.0 Å². The van der Waals surface area contributed by atoms with Gasteiger partial charge in [0.05, 0.1) is 30.2 Å². The summed E-state index contributed by atoms with van der Waals surface area (Å²) in [6, 6.07) is 5.02. The highest BCUT2D eigenvalue weighted by Gasteiger charge is 2.26. The number of aromatic nitrogens is 1. The number of morpholine rings is 1. The Kier molecular flexibility index (Phi) is 6.27. The summed E-state index contributed by atoms with van der Waals surface area (Å²) in [6.45, 7) is 0.534. The van der Waals surface area contributed by atoms with Crippen LogP contribution in [-0.4, -0.2) is 60.0 Å². The third-order valence-electron chi connectivity index (χ3n) is 4.32. The maximum Gasteiger partial charge on any atom is 0.300 e.